The lowest BCUT2D eigenvalue weighted by atomic mass is 10.1. The zero-order valence-electron chi connectivity index (χ0n) is 24.3. The Kier molecular flexibility index (Phi) is 10.3. The van der Waals surface area contributed by atoms with Crippen molar-refractivity contribution in [2.75, 3.05) is 10.6 Å². The van der Waals surface area contributed by atoms with E-state index in [1.807, 2.05) is 72.1 Å². The Bertz CT molecular complexity index is 2210. The monoisotopic (exact) mass is 751 g/mol. The van der Waals surface area contributed by atoms with Crippen molar-refractivity contribution in [1.29, 1.82) is 0 Å². The van der Waals surface area contributed by atoms with E-state index in [1.54, 1.807) is 24.3 Å². The standard InChI is InChI=1S/C35H21Cl4N3O4S2/c36-27-25(26(34(45)46)28(37)30(39)29(27)38)32(43)40-22-11-6-12-23(16-22)48-31(19-8-2-1-3-9-19)33(44)42-35-41-24(17-47-35)21-14-13-18-7-4-5-10-20(18)15-21/h1-17,31H,(H,40,43)(H,45,46)(H,41,42,44). The number of hydrogen-bond donors (Lipinski definition) is 3. The van der Waals surface area contributed by atoms with Gasteiger partial charge in [0.15, 0.2) is 5.13 Å². The largest absolute Gasteiger partial charge is 0.478 e. The fourth-order valence-corrected chi connectivity index (χ4v) is 7.73. The van der Waals surface area contributed by atoms with Gasteiger partial charge in [-0.2, -0.15) is 0 Å². The highest BCUT2D eigenvalue weighted by atomic mass is 35.5. The molecule has 0 saturated carbocycles. The Labute approximate surface area is 302 Å². The highest BCUT2D eigenvalue weighted by Crippen LogP contribution is 2.42. The molecule has 0 aliphatic rings. The van der Waals surface area contributed by atoms with E-state index in [9.17, 15) is 19.5 Å². The van der Waals surface area contributed by atoms with E-state index in [0.29, 0.717) is 15.7 Å². The lowest BCUT2D eigenvalue weighted by molar-refractivity contribution is -0.115. The van der Waals surface area contributed by atoms with Gasteiger partial charge in [-0.15, -0.1) is 23.1 Å². The van der Waals surface area contributed by atoms with E-state index in [4.69, 9.17) is 46.4 Å². The van der Waals surface area contributed by atoms with Crippen molar-refractivity contribution in [2.24, 2.45) is 0 Å². The molecule has 0 spiro atoms. The van der Waals surface area contributed by atoms with Crippen LogP contribution in [0.25, 0.3) is 22.0 Å². The van der Waals surface area contributed by atoms with Gasteiger partial charge in [-0.1, -0.05) is 119 Å². The first-order valence-corrected chi connectivity index (χ1v) is 17.4. The Morgan fingerprint density at radius 1 is 0.729 bits per heavy atom. The summed E-state index contributed by atoms with van der Waals surface area (Å²) in [6.45, 7) is 0. The van der Waals surface area contributed by atoms with E-state index in [0.717, 1.165) is 27.6 Å². The number of thiazole rings is 1. The number of benzene rings is 5. The summed E-state index contributed by atoms with van der Waals surface area (Å²) >= 11 is 27.1. The van der Waals surface area contributed by atoms with Gasteiger partial charge >= 0.3 is 5.97 Å². The molecule has 0 saturated heterocycles. The summed E-state index contributed by atoms with van der Waals surface area (Å²) in [4.78, 5) is 44.4. The zero-order valence-corrected chi connectivity index (χ0v) is 29.0. The number of hydrogen-bond acceptors (Lipinski definition) is 6. The van der Waals surface area contributed by atoms with Crippen LogP contribution in [0.15, 0.2) is 107 Å². The summed E-state index contributed by atoms with van der Waals surface area (Å²) in [5, 5.41) is 18.0. The maximum Gasteiger partial charge on any atom is 0.338 e. The normalized spacial score (nSPS) is 11.7. The second kappa shape index (κ2) is 14.6. The lowest BCUT2D eigenvalue weighted by Crippen LogP contribution is -2.19. The molecule has 7 nitrogen and oxygen atoms in total. The molecule has 2 amide bonds. The molecule has 1 unspecified atom stereocenters. The highest BCUT2D eigenvalue weighted by molar-refractivity contribution is 8.00. The minimum Gasteiger partial charge on any atom is -0.478 e. The topological polar surface area (TPSA) is 108 Å². The quantitative estimate of drug-likeness (QED) is 0.0771. The van der Waals surface area contributed by atoms with Gasteiger partial charge in [0.05, 0.1) is 36.9 Å². The molecule has 0 fully saturated rings. The first-order chi connectivity index (χ1) is 23.1. The minimum absolute atomic E-state index is 0.246. The number of fused-ring (bicyclic) bond motifs is 1. The summed E-state index contributed by atoms with van der Waals surface area (Å²) < 4.78 is 0. The average Bonchev–Trinajstić information content (AvgIpc) is 3.56. The van der Waals surface area contributed by atoms with Crippen LogP contribution in [0.5, 0.6) is 0 Å². The third-order valence-electron chi connectivity index (χ3n) is 7.17. The number of aromatic carboxylic acids is 1. The number of carboxylic acid groups (broad SMARTS) is 1. The van der Waals surface area contributed by atoms with Crippen molar-refractivity contribution in [2.45, 2.75) is 10.1 Å². The zero-order chi connectivity index (χ0) is 33.9. The predicted octanol–water partition coefficient (Wildman–Crippen LogP) is 11.0. The predicted molar refractivity (Wildman–Crippen MR) is 197 cm³/mol. The van der Waals surface area contributed by atoms with Gasteiger partial charge < -0.3 is 15.7 Å². The Hall–Kier alpha value is -4.09. The molecule has 13 heteroatoms. The average molecular weight is 754 g/mol. The number of rotatable bonds is 9. The molecule has 0 aliphatic heterocycles. The fraction of sp³-hybridized carbons (Fsp3) is 0.0286. The van der Waals surface area contributed by atoms with E-state index < -0.39 is 33.3 Å². The molecule has 48 heavy (non-hydrogen) atoms. The van der Waals surface area contributed by atoms with Gasteiger partial charge in [-0.25, -0.2) is 9.78 Å². The molecule has 1 atom stereocenters. The van der Waals surface area contributed by atoms with Crippen LogP contribution < -0.4 is 10.6 Å². The summed E-state index contributed by atoms with van der Waals surface area (Å²) in [6.07, 6.45) is 0. The molecule has 3 N–H and O–H groups in total. The maximum absolute atomic E-state index is 13.8. The second-order valence-electron chi connectivity index (χ2n) is 10.3. The van der Waals surface area contributed by atoms with Gasteiger partial charge in [-0.05, 0) is 40.6 Å². The Morgan fingerprint density at radius 3 is 2.15 bits per heavy atom. The number of aromatic nitrogens is 1. The third kappa shape index (κ3) is 7.17. The number of halogens is 4. The van der Waals surface area contributed by atoms with Gasteiger partial charge in [0.1, 0.15) is 5.25 Å². The van der Waals surface area contributed by atoms with E-state index >= 15 is 0 Å². The van der Waals surface area contributed by atoms with Gasteiger partial charge in [-0.3, -0.25) is 9.59 Å². The van der Waals surface area contributed by atoms with Crippen molar-refractivity contribution in [1.82, 2.24) is 4.98 Å². The Balaban J connectivity index is 1.23. The summed E-state index contributed by atoms with van der Waals surface area (Å²) in [5.74, 6) is -2.65. The molecule has 240 valence electrons. The molecule has 1 aromatic heterocycles. The third-order valence-corrected chi connectivity index (χ3v) is 11.0. The van der Waals surface area contributed by atoms with Crippen LogP contribution in [-0.4, -0.2) is 27.9 Å². The van der Waals surface area contributed by atoms with Crippen molar-refractivity contribution in [3.8, 4) is 11.3 Å². The summed E-state index contributed by atoms with van der Waals surface area (Å²) in [5.41, 5.74) is 1.75. The molecular formula is C35H21Cl4N3O4S2. The van der Waals surface area contributed by atoms with Gasteiger partial charge in [0.2, 0.25) is 5.91 Å². The van der Waals surface area contributed by atoms with E-state index in [-0.39, 0.29) is 21.0 Å². The van der Waals surface area contributed by atoms with Crippen molar-refractivity contribution in [3.63, 3.8) is 0 Å². The number of nitrogens with one attached hydrogen (secondary N) is 2. The molecular weight excluding hydrogens is 732 g/mol. The molecule has 6 aromatic rings. The number of carboxylic acids is 1. The fourth-order valence-electron chi connectivity index (χ4n) is 4.91. The van der Waals surface area contributed by atoms with Crippen LogP contribution in [0.3, 0.4) is 0 Å². The van der Waals surface area contributed by atoms with Crippen LogP contribution in [-0.2, 0) is 4.79 Å². The Morgan fingerprint density at radius 2 is 1.42 bits per heavy atom. The van der Waals surface area contributed by atoms with Crippen molar-refractivity contribution < 1.29 is 19.5 Å². The van der Waals surface area contributed by atoms with Crippen molar-refractivity contribution >= 4 is 109 Å². The van der Waals surface area contributed by atoms with Gasteiger partial charge in [0.25, 0.3) is 5.91 Å². The second-order valence-corrected chi connectivity index (χ2v) is 13.8. The number of anilines is 2. The number of nitrogens with zero attached hydrogens (tertiary/aromatic N) is 1. The van der Waals surface area contributed by atoms with Crippen LogP contribution in [0.2, 0.25) is 20.1 Å². The molecule has 6 rings (SSSR count). The summed E-state index contributed by atoms with van der Waals surface area (Å²) in [6, 6.07) is 30.2. The van der Waals surface area contributed by atoms with Crippen LogP contribution >= 0.6 is 69.5 Å². The first-order valence-electron chi connectivity index (χ1n) is 14.1. The number of carbonyl (C=O) groups excluding carboxylic acids is 2. The first kappa shape index (κ1) is 33.8. The molecule has 5 aromatic carbocycles. The number of thioether (sulfide) groups is 1. The lowest BCUT2D eigenvalue weighted by Gasteiger charge is -2.17. The number of amides is 2. The molecule has 0 radical (unpaired) electrons. The molecule has 0 bridgehead atoms. The SMILES string of the molecule is O=C(O)c1c(Cl)c(Cl)c(Cl)c(Cl)c1C(=O)Nc1cccc(SC(C(=O)Nc2nc(-c3ccc4ccccc4c3)cs2)c2ccccc2)c1. The van der Waals surface area contributed by atoms with Crippen LogP contribution in [0, 0.1) is 0 Å². The smallest absolute Gasteiger partial charge is 0.338 e. The maximum atomic E-state index is 13.8. The van der Waals surface area contributed by atoms with Crippen LogP contribution in [0.1, 0.15) is 31.5 Å². The van der Waals surface area contributed by atoms with Crippen LogP contribution in [0.4, 0.5) is 10.8 Å². The number of carbonyl (C=O) groups is 3. The highest BCUT2D eigenvalue weighted by Gasteiger charge is 2.29. The van der Waals surface area contributed by atoms with E-state index in [2.05, 4.69) is 21.7 Å². The van der Waals surface area contributed by atoms with Crippen molar-refractivity contribution in [3.05, 3.63) is 139 Å². The molecule has 1 heterocycles. The van der Waals surface area contributed by atoms with E-state index in [1.165, 1.54) is 23.1 Å². The summed E-state index contributed by atoms with van der Waals surface area (Å²) in [7, 11) is 0. The van der Waals surface area contributed by atoms with Gasteiger partial charge in [0, 0.05) is 21.5 Å². The molecule has 0 aliphatic carbocycles. The minimum atomic E-state index is -1.50.